The molecule has 0 spiro atoms. The molecule has 10 nitrogen and oxygen atoms in total. The van der Waals surface area contributed by atoms with Crippen LogP contribution in [0.15, 0.2) is 35.4 Å². The third-order valence-corrected chi connectivity index (χ3v) is 7.82. The van der Waals surface area contributed by atoms with Crippen LogP contribution in [0.3, 0.4) is 0 Å². The lowest BCUT2D eigenvalue weighted by atomic mass is 9.99. The van der Waals surface area contributed by atoms with E-state index in [4.69, 9.17) is 4.74 Å². The third-order valence-electron chi connectivity index (χ3n) is 6.77. The molecule has 37 heavy (non-hydrogen) atoms. The lowest BCUT2D eigenvalue weighted by Crippen LogP contribution is -2.54. The number of likely N-dealkylation sites (tertiary alicyclic amines) is 1. The Morgan fingerprint density at radius 3 is 2.95 bits per heavy atom. The van der Waals surface area contributed by atoms with Gasteiger partial charge in [-0.15, -0.1) is 11.8 Å². The van der Waals surface area contributed by atoms with Gasteiger partial charge in [-0.3, -0.25) is 14.6 Å². The molecular weight excluding hydrogens is 499 g/mol. The predicted octanol–water partition coefficient (Wildman–Crippen LogP) is 1.97. The van der Waals surface area contributed by atoms with E-state index in [1.807, 2.05) is 0 Å². The highest BCUT2D eigenvalue weighted by molar-refractivity contribution is 8.00. The van der Waals surface area contributed by atoms with Gasteiger partial charge >= 0.3 is 0 Å². The first-order valence-corrected chi connectivity index (χ1v) is 12.9. The van der Waals surface area contributed by atoms with Gasteiger partial charge in [-0.2, -0.15) is 0 Å². The summed E-state index contributed by atoms with van der Waals surface area (Å²) in [6, 6.07) is 6.45. The average Bonchev–Trinajstić information content (AvgIpc) is 2.91. The topological polar surface area (TPSA) is 121 Å². The SMILES string of the molecule is COc1ccc2ncc(F)c(CCN3CC[C@@H](N(C)C(=O)c4ccc5c(n4)NC(=O)CS5)C(O)C3)c2n1. The van der Waals surface area contributed by atoms with Gasteiger partial charge in [0, 0.05) is 38.3 Å². The zero-order valence-corrected chi connectivity index (χ0v) is 21.3. The highest BCUT2D eigenvalue weighted by Gasteiger charge is 2.34. The first-order chi connectivity index (χ1) is 17.8. The number of ether oxygens (including phenoxy) is 1. The number of amides is 2. The molecule has 5 rings (SSSR count). The molecule has 2 aliphatic heterocycles. The number of hydrogen-bond acceptors (Lipinski definition) is 9. The number of carbonyl (C=O) groups excluding carboxylic acids is 2. The van der Waals surface area contributed by atoms with Crippen molar-refractivity contribution < 1.29 is 23.8 Å². The van der Waals surface area contributed by atoms with Crippen molar-refractivity contribution in [2.24, 2.45) is 0 Å². The lowest BCUT2D eigenvalue weighted by molar-refractivity contribution is -0.113. The summed E-state index contributed by atoms with van der Waals surface area (Å²) in [4.78, 5) is 42.0. The minimum absolute atomic E-state index is 0.152. The van der Waals surface area contributed by atoms with E-state index in [-0.39, 0.29) is 17.5 Å². The molecule has 1 fully saturated rings. The summed E-state index contributed by atoms with van der Waals surface area (Å²) < 4.78 is 19.8. The number of aliphatic hydroxyl groups excluding tert-OH is 1. The Balaban J connectivity index is 1.23. The smallest absolute Gasteiger partial charge is 0.272 e. The Kier molecular flexibility index (Phi) is 7.22. The summed E-state index contributed by atoms with van der Waals surface area (Å²) in [6.45, 7) is 1.49. The zero-order valence-electron chi connectivity index (χ0n) is 20.5. The summed E-state index contributed by atoms with van der Waals surface area (Å²) in [5, 5.41) is 13.6. The molecule has 0 bridgehead atoms. The van der Waals surface area contributed by atoms with Crippen LogP contribution in [0.2, 0.25) is 0 Å². The van der Waals surface area contributed by atoms with E-state index >= 15 is 0 Å². The van der Waals surface area contributed by atoms with Gasteiger partial charge in [0.25, 0.3) is 5.91 Å². The van der Waals surface area contributed by atoms with E-state index in [1.165, 1.54) is 30.0 Å². The van der Waals surface area contributed by atoms with Crippen molar-refractivity contribution in [1.82, 2.24) is 24.8 Å². The number of β-amino-alcohol motifs (C(OH)–C–C–N with tert-alkyl or cyclic N) is 1. The Labute approximate surface area is 217 Å². The summed E-state index contributed by atoms with van der Waals surface area (Å²) >= 11 is 1.38. The Hall–Kier alpha value is -3.35. The first-order valence-electron chi connectivity index (χ1n) is 11.9. The average molecular weight is 527 g/mol. The van der Waals surface area contributed by atoms with Crippen LogP contribution in [0.25, 0.3) is 11.0 Å². The molecule has 0 aromatic carbocycles. The molecule has 2 atom stereocenters. The molecule has 0 saturated carbocycles. The summed E-state index contributed by atoms with van der Waals surface area (Å²) in [6.07, 6.45) is 1.35. The van der Waals surface area contributed by atoms with E-state index < -0.39 is 18.0 Å². The number of methoxy groups -OCH3 is 1. The van der Waals surface area contributed by atoms with E-state index in [0.29, 0.717) is 66.5 Å². The van der Waals surface area contributed by atoms with Gasteiger partial charge in [-0.1, -0.05) is 0 Å². The standard InChI is InChI=1S/C25H27FN6O4S/c1-31(25(35)17-3-5-20-24(28-17)29-21(34)13-37-20)18-8-10-32(12-19(18)33)9-7-14-15(26)11-27-16-4-6-22(36-2)30-23(14)16/h3-6,11,18-19,33H,7-10,12-13H2,1-2H3,(H,28,29,34)/t18-,19?/m1/s1. The number of nitrogens with one attached hydrogen (secondary N) is 1. The van der Waals surface area contributed by atoms with Crippen LogP contribution in [0.4, 0.5) is 10.2 Å². The van der Waals surface area contributed by atoms with Crippen LogP contribution in [-0.4, -0.2) is 93.4 Å². The van der Waals surface area contributed by atoms with Gasteiger partial charge in [0.1, 0.15) is 17.3 Å². The number of thioether (sulfide) groups is 1. The van der Waals surface area contributed by atoms with Crippen LogP contribution < -0.4 is 10.1 Å². The summed E-state index contributed by atoms with van der Waals surface area (Å²) in [5.74, 6) is 0.192. The van der Waals surface area contributed by atoms with Crippen molar-refractivity contribution in [1.29, 1.82) is 0 Å². The number of aromatic nitrogens is 3. The van der Waals surface area contributed by atoms with Gasteiger partial charge in [0.2, 0.25) is 11.8 Å². The van der Waals surface area contributed by atoms with Crippen molar-refractivity contribution in [2.45, 2.75) is 29.9 Å². The molecule has 2 N–H and O–H groups in total. The van der Waals surface area contributed by atoms with Crippen molar-refractivity contribution in [3.05, 3.63) is 47.5 Å². The summed E-state index contributed by atoms with van der Waals surface area (Å²) in [7, 11) is 3.16. The summed E-state index contributed by atoms with van der Waals surface area (Å²) in [5.41, 5.74) is 1.72. The molecule has 12 heteroatoms. The highest BCUT2D eigenvalue weighted by Crippen LogP contribution is 2.30. The van der Waals surface area contributed by atoms with E-state index in [0.717, 1.165) is 4.90 Å². The fourth-order valence-electron chi connectivity index (χ4n) is 4.75. The fourth-order valence-corrected chi connectivity index (χ4v) is 5.51. The monoisotopic (exact) mass is 526 g/mol. The van der Waals surface area contributed by atoms with E-state index in [2.05, 4.69) is 25.2 Å². The second-order valence-corrected chi connectivity index (χ2v) is 10.1. The van der Waals surface area contributed by atoms with Crippen LogP contribution in [-0.2, 0) is 11.2 Å². The Morgan fingerprint density at radius 1 is 1.32 bits per heavy atom. The van der Waals surface area contributed by atoms with Crippen molar-refractivity contribution >= 4 is 40.4 Å². The molecule has 1 unspecified atom stereocenters. The van der Waals surface area contributed by atoms with Gasteiger partial charge in [0.05, 0.1) is 47.1 Å². The molecule has 194 valence electrons. The largest absolute Gasteiger partial charge is 0.481 e. The number of anilines is 1. The number of pyridine rings is 3. The fraction of sp³-hybridized carbons (Fsp3) is 0.400. The van der Waals surface area contributed by atoms with Gasteiger partial charge < -0.3 is 25.0 Å². The Morgan fingerprint density at radius 2 is 2.16 bits per heavy atom. The van der Waals surface area contributed by atoms with Crippen LogP contribution >= 0.6 is 11.8 Å². The number of fused-ring (bicyclic) bond motifs is 2. The van der Waals surface area contributed by atoms with Crippen molar-refractivity contribution in [3.63, 3.8) is 0 Å². The minimum atomic E-state index is -0.784. The zero-order chi connectivity index (χ0) is 26.1. The number of halogens is 1. The molecule has 5 heterocycles. The number of hydrogen-bond donors (Lipinski definition) is 2. The minimum Gasteiger partial charge on any atom is -0.481 e. The maximum Gasteiger partial charge on any atom is 0.272 e. The van der Waals surface area contributed by atoms with E-state index in [1.54, 1.807) is 31.3 Å². The molecule has 2 aliphatic rings. The van der Waals surface area contributed by atoms with Crippen molar-refractivity contribution in [3.8, 4) is 5.88 Å². The molecule has 2 amide bonds. The van der Waals surface area contributed by atoms with E-state index in [9.17, 15) is 19.1 Å². The maximum atomic E-state index is 14.6. The highest BCUT2D eigenvalue weighted by atomic mass is 32.2. The number of piperidine rings is 1. The quantitative estimate of drug-likeness (QED) is 0.497. The third kappa shape index (κ3) is 5.22. The predicted molar refractivity (Wildman–Crippen MR) is 136 cm³/mol. The molecule has 0 aliphatic carbocycles. The Bertz CT molecular complexity index is 1360. The van der Waals surface area contributed by atoms with Gasteiger partial charge in [-0.25, -0.2) is 14.4 Å². The molecule has 0 radical (unpaired) electrons. The van der Waals surface area contributed by atoms with Crippen molar-refractivity contribution in [2.75, 3.05) is 44.9 Å². The van der Waals surface area contributed by atoms with Gasteiger partial charge in [0.15, 0.2) is 0 Å². The maximum absolute atomic E-state index is 14.6. The van der Waals surface area contributed by atoms with Crippen LogP contribution in [0.5, 0.6) is 5.88 Å². The van der Waals surface area contributed by atoms with Crippen LogP contribution in [0, 0.1) is 5.82 Å². The van der Waals surface area contributed by atoms with Crippen LogP contribution in [0.1, 0.15) is 22.5 Å². The molecule has 3 aromatic rings. The molecule has 1 saturated heterocycles. The normalized spacial score (nSPS) is 19.8. The molecule has 3 aromatic heterocycles. The van der Waals surface area contributed by atoms with Gasteiger partial charge in [-0.05, 0) is 31.0 Å². The number of likely N-dealkylation sites (N-methyl/N-ethyl adjacent to an activating group) is 1. The second-order valence-electron chi connectivity index (χ2n) is 9.08. The number of rotatable bonds is 6. The second kappa shape index (κ2) is 10.6. The number of carbonyl (C=O) groups is 2. The number of aliphatic hydroxyl groups is 1. The lowest BCUT2D eigenvalue weighted by Gasteiger charge is -2.40. The molecular formula is C25H27FN6O4S. The number of nitrogens with zero attached hydrogens (tertiary/aromatic N) is 5. The first kappa shape index (κ1) is 25.3.